The summed E-state index contributed by atoms with van der Waals surface area (Å²) in [5.41, 5.74) is 1.74. The molecule has 0 saturated carbocycles. The topological polar surface area (TPSA) is 127 Å². The minimum atomic E-state index is -1.07. The third-order valence-corrected chi connectivity index (χ3v) is 8.50. The largest absolute Gasteiger partial charge is 0.503 e. The number of ketones is 1. The number of benzene rings is 3. The highest BCUT2D eigenvalue weighted by Gasteiger charge is 2.45. The molecule has 200 valence electrons. The van der Waals surface area contributed by atoms with Crippen molar-refractivity contribution in [1.29, 1.82) is 0 Å². The number of carbonyl (C=O) groups excluding carboxylic acids is 2. The molecule has 4 aromatic rings. The van der Waals surface area contributed by atoms with Gasteiger partial charge in [0.25, 0.3) is 11.6 Å². The highest BCUT2D eigenvalue weighted by atomic mass is 35.5. The average Bonchev–Trinajstić information content (AvgIpc) is 3.53. The number of nitro benzene ring substituents is 1. The Kier molecular flexibility index (Phi) is 8.06. The number of aliphatic hydroxyl groups excluding tert-OH is 1. The monoisotopic (exact) mass is 590 g/mol. The highest BCUT2D eigenvalue weighted by molar-refractivity contribution is 8.00. The molecule has 0 radical (unpaired) electrons. The number of aromatic nitrogens is 2. The van der Waals surface area contributed by atoms with Gasteiger partial charge in [-0.3, -0.25) is 24.6 Å². The van der Waals surface area contributed by atoms with Gasteiger partial charge in [-0.15, -0.1) is 10.2 Å². The molecule has 1 aliphatic rings. The van der Waals surface area contributed by atoms with Crippen LogP contribution < -0.4 is 4.90 Å². The van der Waals surface area contributed by atoms with E-state index in [9.17, 15) is 24.8 Å². The van der Waals surface area contributed by atoms with Crippen LogP contribution in [0.5, 0.6) is 0 Å². The molecule has 2 heterocycles. The van der Waals surface area contributed by atoms with Gasteiger partial charge in [-0.25, -0.2) is 0 Å². The first-order chi connectivity index (χ1) is 19.3. The molecule has 1 amide bonds. The molecule has 3 aromatic carbocycles. The van der Waals surface area contributed by atoms with Gasteiger partial charge in [-0.1, -0.05) is 89.3 Å². The van der Waals surface area contributed by atoms with E-state index in [0.29, 0.717) is 20.7 Å². The van der Waals surface area contributed by atoms with Crippen molar-refractivity contribution >= 4 is 63.3 Å². The third-order valence-electron chi connectivity index (χ3n) is 6.03. The fourth-order valence-corrected chi connectivity index (χ4v) is 6.24. The van der Waals surface area contributed by atoms with E-state index in [-0.39, 0.29) is 16.4 Å². The van der Waals surface area contributed by atoms with Gasteiger partial charge < -0.3 is 5.11 Å². The summed E-state index contributed by atoms with van der Waals surface area (Å²) in [4.78, 5) is 38.6. The Morgan fingerprint density at radius 1 is 1.07 bits per heavy atom. The van der Waals surface area contributed by atoms with Crippen molar-refractivity contribution in [2.45, 2.75) is 16.1 Å². The van der Waals surface area contributed by atoms with E-state index in [0.717, 1.165) is 22.5 Å². The molecule has 1 atom stereocenters. The molecule has 9 nitrogen and oxygen atoms in total. The molecule has 12 heteroatoms. The Hall–Kier alpha value is -4.32. The van der Waals surface area contributed by atoms with Crippen LogP contribution in [0.25, 0.3) is 6.08 Å². The lowest BCUT2D eigenvalue weighted by Crippen LogP contribution is -2.30. The first-order valence-corrected chi connectivity index (χ1v) is 14.0. The summed E-state index contributed by atoms with van der Waals surface area (Å²) in [6.07, 6.45) is 2.86. The second kappa shape index (κ2) is 11.8. The zero-order chi connectivity index (χ0) is 28.2. The summed E-state index contributed by atoms with van der Waals surface area (Å²) in [6.45, 7) is 0. The quantitative estimate of drug-likeness (QED) is 0.0762. The number of anilines is 1. The van der Waals surface area contributed by atoms with Crippen LogP contribution in [0.1, 0.15) is 22.7 Å². The number of hydrogen-bond donors (Lipinski definition) is 1. The van der Waals surface area contributed by atoms with E-state index in [1.807, 2.05) is 36.4 Å². The molecule has 1 aromatic heterocycles. The zero-order valence-electron chi connectivity index (χ0n) is 20.5. The van der Waals surface area contributed by atoms with Crippen LogP contribution in [0.15, 0.2) is 101 Å². The number of nitrogens with zero attached hydrogens (tertiary/aromatic N) is 4. The molecule has 0 bridgehead atoms. The Morgan fingerprint density at radius 3 is 2.48 bits per heavy atom. The first kappa shape index (κ1) is 27.3. The number of non-ortho nitro benzene ring substituents is 1. The van der Waals surface area contributed by atoms with Crippen LogP contribution in [0.3, 0.4) is 0 Å². The maximum absolute atomic E-state index is 13.4. The van der Waals surface area contributed by atoms with Crippen molar-refractivity contribution in [2.75, 3.05) is 4.90 Å². The molecule has 1 unspecified atom stereocenters. The number of rotatable bonds is 9. The van der Waals surface area contributed by atoms with Gasteiger partial charge in [0.1, 0.15) is 0 Å². The van der Waals surface area contributed by atoms with Crippen LogP contribution in [-0.4, -0.2) is 31.9 Å². The standard InChI is InChI=1S/C28H19ClN4O5S2/c29-21-9-5-4-8-19(21)16-39-28-31-30-27(40-28)32-24(18-11-13-20(14-12-18)33(37)38)23(25(35)26(32)36)22(34)15-10-17-6-2-1-3-7-17/h1-15,24,35H,16H2/b15-10+. The smallest absolute Gasteiger partial charge is 0.296 e. The molecular weight excluding hydrogens is 572 g/mol. The van der Waals surface area contributed by atoms with E-state index < -0.39 is 28.4 Å². The van der Waals surface area contributed by atoms with E-state index in [1.165, 1.54) is 47.0 Å². The van der Waals surface area contributed by atoms with Gasteiger partial charge in [0.15, 0.2) is 15.9 Å². The van der Waals surface area contributed by atoms with Gasteiger partial charge >= 0.3 is 0 Å². The molecule has 5 rings (SSSR count). The summed E-state index contributed by atoms with van der Waals surface area (Å²) in [5, 5.41) is 31.2. The van der Waals surface area contributed by atoms with Gasteiger partial charge in [-0.2, -0.15) is 0 Å². The summed E-state index contributed by atoms with van der Waals surface area (Å²) in [6, 6.07) is 20.9. The van der Waals surface area contributed by atoms with Crippen molar-refractivity contribution in [2.24, 2.45) is 0 Å². The molecule has 0 aliphatic carbocycles. The number of carbonyl (C=O) groups is 2. The Balaban J connectivity index is 1.48. The maximum atomic E-state index is 13.4. The normalized spacial score (nSPS) is 15.3. The number of nitro groups is 1. The van der Waals surface area contributed by atoms with Crippen molar-refractivity contribution in [1.82, 2.24) is 10.2 Å². The summed E-state index contributed by atoms with van der Waals surface area (Å²) in [7, 11) is 0. The summed E-state index contributed by atoms with van der Waals surface area (Å²) < 4.78 is 0.549. The Bertz CT molecular complexity index is 1650. The van der Waals surface area contributed by atoms with Crippen LogP contribution >= 0.6 is 34.7 Å². The highest BCUT2D eigenvalue weighted by Crippen LogP contribution is 2.43. The number of aliphatic hydroxyl groups is 1. The SMILES string of the molecule is O=C(/C=C/c1ccccc1)C1=C(O)C(=O)N(c2nnc(SCc3ccccc3Cl)s2)C1c1ccc([N+](=O)[O-])cc1. The number of allylic oxidation sites excluding steroid dienone is 1. The van der Waals surface area contributed by atoms with Gasteiger partial charge in [0.05, 0.1) is 16.5 Å². The van der Waals surface area contributed by atoms with Crippen molar-refractivity contribution in [3.8, 4) is 0 Å². The summed E-state index contributed by atoms with van der Waals surface area (Å²) in [5.74, 6) is -1.60. The number of hydrogen-bond acceptors (Lipinski definition) is 9. The lowest BCUT2D eigenvalue weighted by Gasteiger charge is -2.23. The van der Waals surface area contributed by atoms with Crippen molar-refractivity contribution in [3.05, 3.63) is 128 Å². The van der Waals surface area contributed by atoms with E-state index >= 15 is 0 Å². The predicted molar refractivity (Wildman–Crippen MR) is 154 cm³/mol. The van der Waals surface area contributed by atoms with Crippen molar-refractivity contribution in [3.63, 3.8) is 0 Å². The average molecular weight is 591 g/mol. The fourth-order valence-electron chi connectivity index (χ4n) is 4.09. The number of halogens is 1. The minimum Gasteiger partial charge on any atom is -0.503 e. The van der Waals surface area contributed by atoms with Crippen LogP contribution in [0, 0.1) is 10.1 Å². The second-order valence-corrected chi connectivity index (χ2v) is 11.1. The van der Waals surface area contributed by atoms with Gasteiger partial charge in [0, 0.05) is 22.9 Å². The van der Waals surface area contributed by atoms with Crippen LogP contribution in [-0.2, 0) is 15.3 Å². The molecular formula is C28H19ClN4O5S2. The lowest BCUT2D eigenvalue weighted by atomic mass is 9.95. The van der Waals surface area contributed by atoms with Gasteiger partial charge in [0.2, 0.25) is 5.13 Å². The molecule has 0 spiro atoms. The summed E-state index contributed by atoms with van der Waals surface area (Å²) >= 11 is 8.75. The van der Waals surface area contributed by atoms with Crippen molar-refractivity contribution < 1.29 is 19.6 Å². The predicted octanol–water partition coefficient (Wildman–Crippen LogP) is 6.57. The molecule has 1 aliphatic heterocycles. The fraction of sp³-hybridized carbons (Fsp3) is 0.0714. The minimum absolute atomic E-state index is 0.154. The molecule has 0 saturated heterocycles. The zero-order valence-corrected chi connectivity index (χ0v) is 22.9. The number of amides is 1. The molecule has 1 N–H and O–H groups in total. The first-order valence-electron chi connectivity index (χ1n) is 11.8. The third kappa shape index (κ3) is 5.67. The number of thioether (sulfide) groups is 1. The lowest BCUT2D eigenvalue weighted by molar-refractivity contribution is -0.384. The van der Waals surface area contributed by atoms with E-state index in [2.05, 4.69) is 10.2 Å². The van der Waals surface area contributed by atoms with Crippen LogP contribution in [0.2, 0.25) is 5.02 Å². The van der Waals surface area contributed by atoms with Crippen LogP contribution in [0.4, 0.5) is 10.8 Å². The second-order valence-electron chi connectivity index (χ2n) is 8.53. The Labute approximate surface area is 241 Å². The molecule has 0 fully saturated rings. The van der Waals surface area contributed by atoms with E-state index in [4.69, 9.17) is 11.6 Å². The van der Waals surface area contributed by atoms with Gasteiger partial charge in [-0.05, 0) is 41.0 Å². The van der Waals surface area contributed by atoms with E-state index in [1.54, 1.807) is 24.3 Å². The Morgan fingerprint density at radius 2 is 1.77 bits per heavy atom. The maximum Gasteiger partial charge on any atom is 0.296 e. The molecule has 40 heavy (non-hydrogen) atoms.